The van der Waals surface area contributed by atoms with Gasteiger partial charge in [-0.2, -0.15) is 10.4 Å². The number of nitrogens with one attached hydrogen (secondary N) is 1. The minimum atomic E-state index is -0.269. The maximum absolute atomic E-state index is 9.01. The molecule has 0 radical (unpaired) electrons. The number of ether oxygens (including phenoxy) is 1. The fourth-order valence-electron chi connectivity index (χ4n) is 3.31. The van der Waals surface area contributed by atoms with Gasteiger partial charge in [0, 0.05) is 5.39 Å². The zero-order valence-corrected chi connectivity index (χ0v) is 15.3. The molecule has 0 spiro atoms. The summed E-state index contributed by atoms with van der Waals surface area (Å²) < 4.78 is 11.6. The number of nitrogens with zero attached hydrogens (tertiary/aromatic N) is 5. The highest BCUT2D eigenvalue weighted by Crippen LogP contribution is 2.33. The monoisotopic (exact) mass is 374 g/mol. The number of aromatic amines is 1. The van der Waals surface area contributed by atoms with E-state index in [0.29, 0.717) is 28.6 Å². The van der Waals surface area contributed by atoms with Crippen molar-refractivity contribution in [3.8, 4) is 23.3 Å². The Balaban J connectivity index is 1.67. The summed E-state index contributed by atoms with van der Waals surface area (Å²) >= 11 is 0. The Morgan fingerprint density at radius 3 is 3.11 bits per heavy atom. The fourth-order valence-corrected chi connectivity index (χ4v) is 3.31. The van der Waals surface area contributed by atoms with Crippen LogP contribution in [-0.2, 0) is 0 Å². The Labute approximate surface area is 161 Å². The van der Waals surface area contributed by atoms with E-state index >= 15 is 0 Å². The summed E-state index contributed by atoms with van der Waals surface area (Å²) in [6.45, 7) is 5.35. The lowest BCUT2D eigenvalue weighted by Gasteiger charge is -2.25. The fraction of sp³-hybridized carbons (Fsp3) is 0.250. The third-order valence-corrected chi connectivity index (χ3v) is 4.59. The van der Waals surface area contributed by atoms with E-state index in [2.05, 4.69) is 31.9 Å². The summed E-state index contributed by atoms with van der Waals surface area (Å²) in [6, 6.07) is 7.74. The van der Waals surface area contributed by atoms with Gasteiger partial charge in [0.15, 0.2) is 12.2 Å². The maximum Gasteiger partial charge on any atom is 0.181 e. The van der Waals surface area contributed by atoms with Crippen molar-refractivity contribution in [2.45, 2.75) is 32.3 Å². The molecule has 1 N–H and O–H groups in total. The SMILES string of the molecule is C=NC1=C(/N=C(\C)C#N)CCC[C@H]1Oc1ccc2[nH]nc(-c3cnco3)c2c1. The summed E-state index contributed by atoms with van der Waals surface area (Å²) in [6.07, 6.45) is 5.18. The molecule has 0 aliphatic heterocycles. The number of oxazole rings is 1. The highest BCUT2D eigenvalue weighted by molar-refractivity contribution is 5.97. The van der Waals surface area contributed by atoms with E-state index in [9.17, 15) is 0 Å². The first-order valence-electron chi connectivity index (χ1n) is 8.88. The van der Waals surface area contributed by atoms with Gasteiger partial charge >= 0.3 is 0 Å². The number of benzene rings is 1. The first-order chi connectivity index (χ1) is 13.7. The lowest BCUT2D eigenvalue weighted by Crippen LogP contribution is -2.23. The standard InChI is InChI=1S/C20H18N6O2/c1-12(9-21)24-16-4-3-5-17(20(16)22-2)28-13-6-7-15-14(8-13)19(26-25-15)18-10-23-11-27-18/h6-8,10-11,17H,2-5H2,1H3,(H,25,26)/b24-12+/t17-/m1/s1. The van der Waals surface area contributed by atoms with Crippen molar-refractivity contribution in [3.05, 3.63) is 42.2 Å². The van der Waals surface area contributed by atoms with Crippen molar-refractivity contribution in [2.24, 2.45) is 9.98 Å². The smallest absolute Gasteiger partial charge is 0.181 e. The van der Waals surface area contributed by atoms with Crippen LogP contribution in [0, 0.1) is 11.3 Å². The van der Waals surface area contributed by atoms with Crippen LogP contribution in [0.2, 0.25) is 0 Å². The number of aliphatic imine (C=N–C) groups is 2. The van der Waals surface area contributed by atoms with Gasteiger partial charge in [0.05, 0.1) is 17.4 Å². The summed E-state index contributed by atoms with van der Waals surface area (Å²) in [4.78, 5) is 12.5. The van der Waals surface area contributed by atoms with Gasteiger partial charge in [-0.15, -0.1) is 0 Å². The molecule has 0 amide bonds. The summed E-state index contributed by atoms with van der Waals surface area (Å²) in [5.41, 5.74) is 3.39. The van der Waals surface area contributed by atoms with Crippen LogP contribution in [0.5, 0.6) is 5.75 Å². The van der Waals surface area contributed by atoms with Crippen molar-refractivity contribution in [1.82, 2.24) is 15.2 Å². The Kier molecular flexibility index (Phi) is 4.72. The van der Waals surface area contributed by atoms with E-state index in [1.807, 2.05) is 24.3 Å². The van der Waals surface area contributed by atoms with Crippen LogP contribution in [0.1, 0.15) is 26.2 Å². The second kappa shape index (κ2) is 7.48. The van der Waals surface area contributed by atoms with E-state index in [1.165, 1.54) is 6.39 Å². The molecule has 2 heterocycles. The molecular weight excluding hydrogens is 356 g/mol. The molecule has 1 aliphatic carbocycles. The van der Waals surface area contributed by atoms with Gasteiger partial charge in [-0.05, 0) is 51.1 Å². The van der Waals surface area contributed by atoms with Gasteiger partial charge in [-0.25, -0.2) is 9.98 Å². The first-order valence-corrected chi connectivity index (χ1v) is 8.88. The van der Waals surface area contributed by atoms with E-state index in [-0.39, 0.29) is 6.10 Å². The Bertz CT molecular complexity index is 1120. The number of hydrogen-bond acceptors (Lipinski definition) is 7. The number of H-pyrrole nitrogens is 1. The molecule has 0 fully saturated rings. The lowest BCUT2D eigenvalue weighted by atomic mass is 9.98. The summed E-state index contributed by atoms with van der Waals surface area (Å²) in [5, 5.41) is 17.2. The van der Waals surface area contributed by atoms with Crippen LogP contribution in [0.4, 0.5) is 0 Å². The van der Waals surface area contributed by atoms with Crippen LogP contribution in [0.3, 0.4) is 0 Å². The van der Waals surface area contributed by atoms with Crippen molar-refractivity contribution in [2.75, 3.05) is 0 Å². The van der Waals surface area contributed by atoms with Crippen LogP contribution in [0.15, 0.2) is 56.6 Å². The predicted octanol–water partition coefficient (Wildman–Crippen LogP) is 4.05. The molecule has 0 unspecified atom stereocenters. The van der Waals surface area contributed by atoms with Gasteiger partial charge in [-0.3, -0.25) is 10.1 Å². The normalized spacial score (nSPS) is 17.6. The largest absolute Gasteiger partial charge is 0.484 e. The molecule has 3 aromatic rings. The van der Waals surface area contributed by atoms with Crippen LogP contribution >= 0.6 is 0 Å². The minimum Gasteiger partial charge on any atom is -0.484 e. The highest BCUT2D eigenvalue weighted by Gasteiger charge is 2.25. The maximum atomic E-state index is 9.01. The molecule has 0 bridgehead atoms. The Morgan fingerprint density at radius 1 is 1.46 bits per heavy atom. The van der Waals surface area contributed by atoms with Crippen molar-refractivity contribution < 1.29 is 9.15 Å². The van der Waals surface area contributed by atoms with Crippen LogP contribution in [0.25, 0.3) is 22.4 Å². The van der Waals surface area contributed by atoms with E-state index in [4.69, 9.17) is 14.4 Å². The average Bonchev–Trinajstić information content (AvgIpc) is 3.37. The lowest BCUT2D eigenvalue weighted by molar-refractivity contribution is 0.213. The minimum absolute atomic E-state index is 0.269. The van der Waals surface area contributed by atoms with Crippen molar-refractivity contribution >= 4 is 23.3 Å². The Hall–Kier alpha value is -3.73. The molecular formula is C20H18N6O2. The first kappa shape index (κ1) is 17.7. The highest BCUT2D eigenvalue weighted by atomic mass is 16.5. The third kappa shape index (κ3) is 3.30. The van der Waals surface area contributed by atoms with Crippen molar-refractivity contribution in [3.63, 3.8) is 0 Å². The number of rotatable bonds is 5. The Morgan fingerprint density at radius 2 is 2.36 bits per heavy atom. The number of hydrogen-bond donors (Lipinski definition) is 1. The van der Waals surface area contributed by atoms with Crippen LogP contribution in [-0.4, -0.2) is 33.7 Å². The second-order valence-corrected chi connectivity index (χ2v) is 6.44. The van der Waals surface area contributed by atoms with Gasteiger partial charge in [0.1, 0.15) is 35.0 Å². The molecule has 28 heavy (non-hydrogen) atoms. The topological polar surface area (TPSA) is 112 Å². The number of fused-ring (bicyclic) bond motifs is 1. The third-order valence-electron chi connectivity index (χ3n) is 4.59. The van der Waals surface area contributed by atoms with E-state index in [1.54, 1.807) is 13.1 Å². The van der Waals surface area contributed by atoms with Gasteiger partial charge in [-0.1, -0.05) is 0 Å². The van der Waals surface area contributed by atoms with Gasteiger partial charge in [0.25, 0.3) is 0 Å². The van der Waals surface area contributed by atoms with Gasteiger partial charge in [0.2, 0.25) is 0 Å². The molecule has 8 heteroatoms. The zero-order chi connectivity index (χ0) is 19.5. The molecule has 0 saturated carbocycles. The van der Waals surface area contributed by atoms with E-state index < -0.39 is 0 Å². The molecule has 8 nitrogen and oxygen atoms in total. The molecule has 140 valence electrons. The molecule has 4 rings (SSSR count). The molecule has 2 aromatic heterocycles. The quantitative estimate of drug-likeness (QED) is 0.677. The van der Waals surface area contributed by atoms with E-state index in [0.717, 1.165) is 35.9 Å². The molecule has 1 aromatic carbocycles. The second-order valence-electron chi connectivity index (χ2n) is 6.44. The molecule has 0 saturated heterocycles. The number of nitriles is 1. The molecule has 1 atom stereocenters. The number of aromatic nitrogens is 3. The van der Waals surface area contributed by atoms with Gasteiger partial charge < -0.3 is 9.15 Å². The molecule has 1 aliphatic rings. The number of allylic oxidation sites excluding steroid dienone is 1. The predicted molar refractivity (Wildman–Crippen MR) is 105 cm³/mol. The average molecular weight is 374 g/mol. The summed E-state index contributed by atoms with van der Waals surface area (Å²) in [5.74, 6) is 1.26. The zero-order valence-electron chi connectivity index (χ0n) is 15.3. The summed E-state index contributed by atoms with van der Waals surface area (Å²) in [7, 11) is 0. The van der Waals surface area contributed by atoms with Crippen molar-refractivity contribution in [1.29, 1.82) is 5.26 Å². The van der Waals surface area contributed by atoms with Crippen LogP contribution < -0.4 is 4.74 Å².